The van der Waals surface area contributed by atoms with Gasteiger partial charge in [0.25, 0.3) is 0 Å². The maximum absolute atomic E-state index is 12.7. The summed E-state index contributed by atoms with van der Waals surface area (Å²) in [4.78, 5) is 12.5. The molecule has 0 saturated heterocycles. The van der Waals surface area contributed by atoms with Crippen molar-refractivity contribution in [2.24, 2.45) is 0 Å². The molecular weight excluding hydrogens is 386 g/mol. The third kappa shape index (κ3) is 6.41. The molecule has 2 aromatic rings. The highest BCUT2D eigenvalue weighted by molar-refractivity contribution is 7.92. The zero-order chi connectivity index (χ0) is 20.5. The third-order valence-electron chi connectivity index (χ3n) is 5.26. The van der Waals surface area contributed by atoms with Gasteiger partial charge in [-0.1, -0.05) is 49.2 Å². The lowest BCUT2D eigenvalue weighted by molar-refractivity contribution is -0.116. The van der Waals surface area contributed by atoms with Crippen LogP contribution in [0, 0.1) is 0 Å². The minimum atomic E-state index is -3.32. The summed E-state index contributed by atoms with van der Waals surface area (Å²) in [7, 11) is -3.32. The predicted molar refractivity (Wildman–Crippen MR) is 115 cm³/mol. The molecular formula is C23H29NO4S. The topological polar surface area (TPSA) is 72.5 Å². The van der Waals surface area contributed by atoms with Gasteiger partial charge in [0, 0.05) is 18.7 Å². The van der Waals surface area contributed by atoms with E-state index in [9.17, 15) is 13.2 Å². The van der Waals surface area contributed by atoms with E-state index in [0.717, 1.165) is 32.1 Å². The normalized spacial score (nSPS) is 14.8. The summed E-state index contributed by atoms with van der Waals surface area (Å²) in [5.41, 5.74) is 1.76. The number of amides is 1. The van der Waals surface area contributed by atoms with Crippen LogP contribution in [0.5, 0.6) is 0 Å². The zero-order valence-corrected chi connectivity index (χ0v) is 17.5. The molecule has 0 atom stereocenters. The largest absolute Gasteiger partial charge is 0.381 e. The average Bonchev–Trinajstić information content (AvgIpc) is 3.27. The second-order valence-corrected chi connectivity index (χ2v) is 9.71. The molecule has 1 saturated carbocycles. The molecule has 0 bridgehead atoms. The molecule has 0 heterocycles. The Balaban J connectivity index is 1.40. The van der Waals surface area contributed by atoms with Crippen molar-refractivity contribution < 1.29 is 17.9 Å². The Morgan fingerprint density at radius 3 is 2.52 bits per heavy atom. The number of hydrogen-bond donors (Lipinski definition) is 1. The highest BCUT2D eigenvalue weighted by Crippen LogP contribution is 2.30. The number of nitrogens with one attached hydrogen (secondary N) is 1. The Hall–Kier alpha value is -2.18. The van der Waals surface area contributed by atoms with Gasteiger partial charge in [0.2, 0.25) is 5.91 Å². The van der Waals surface area contributed by atoms with Crippen LogP contribution in [0.1, 0.15) is 44.1 Å². The van der Waals surface area contributed by atoms with E-state index in [1.54, 1.807) is 24.3 Å². The van der Waals surface area contributed by atoms with E-state index in [2.05, 4.69) is 17.4 Å². The maximum Gasteiger partial charge on any atom is 0.224 e. The fourth-order valence-corrected chi connectivity index (χ4v) is 5.54. The first kappa shape index (κ1) is 21.5. The van der Waals surface area contributed by atoms with Gasteiger partial charge in [0.15, 0.2) is 9.84 Å². The molecule has 1 fully saturated rings. The summed E-state index contributed by atoms with van der Waals surface area (Å²) in [6.07, 6.45) is 5.20. The van der Waals surface area contributed by atoms with Crippen molar-refractivity contribution in [2.75, 3.05) is 18.5 Å². The smallest absolute Gasteiger partial charge is 0.224 e. The summed E-state index contributed by atoms with van der Waals surface area (Å²) in [5, 5.41) is 2.51. The molecule has 5 nitrogen and oxygen atoms in total. The van der Waals surface area contributed by atoms with Crippen LogP contribution >= 0.6 is 0 Å². The molecule has 1 aliphatic carbocycles. The van der Waals surface area contributed by atoms with Crippen LogP contribution in [0.2, 0.25) is 0 Å². The van der Waals surface area contributed by atoms with Crippen LogP contribution in [-0.4, -0.2) is 32.8 Å². The number of sulfone groups is 1. The van der Waals surface area contributed by atoms with Crippen LogP contribution < -0.4 is 5.32 Å². The van der Waals surface area contributed by atoms with Crippen molar-refractivity contribution in [3.05, 3.63) is 60.2 Å². The monoisotopic (exact) mass is 415 g/mol. The number of ether oxygens (including phenoxy) is 1. The van der Waals surface area contributed by atoms with Gasteiger partial charge >= 0.3 is 0 Å². The van der Waals surface area contributed by atoms with Crippen molar-refractivity contribution in [3.8, 4) is 0 Å². The van der Waals surface area contributed by atoms with Gasteiger partial charge in [-0.05, 0) is 49.4 Å². The van der Waals surface area contributed by atoms with Crippen LogP contribution in [0.15, 0.2) is 59.5 Å². The highest BCUT2D eigenvalue weighted by atomic mass is 32.2. The van der Waals surface area contributed by atoms with Gasteiger partial charge < -0.3 is 10.1 Å². The number of anilines is 1. The Morgan fingerprint density at radius 2 is 1.76 bits per heavy atom. The van der Waals surface area contributed by atoms with Crippen LogP contribution in [0.25, 0.3) is 0 Å². The second-order valence-electron chi connectivity index (χ2n) is 7.48. The first-order chi connectivity index (χ1) is 14.1. The van der Waals surface area contributed by atoms with E-state index in [4.69, 9.17) is 4.74 Å². The number of benzene rings is 2. The molecule has 2 aromatic carbocycles. The van der Waals surface area contributed by atoms with Crippen molar-refractivity contribution in [3.63, 3.8) is 0 Å². The van der Waals surface area contributed by atoms with Crippen molar-refractivity contribution in [1.29, 1.82) is 0 Å². The molecule has 0 radical (unpaired) electrons. The molecule has 0 unspecified atom stereocenters. The summed E-state index contributed by atoms with van der Waals surface area (Å²) in [5.74, 6) is -0.132. The Labute approximate surface area is 173 Å². The first-order valence-electron chi connectivity index (χ1n) is 10.3. The number of carbonyl (C=O) groups is 1. The van der Waals surface area contributed by atoms with Crippen molar-refractivity contribution in [1.82, 2.24) is 0 Å². The SMILES string of the molecule is O=C(CCCOCCc1ccccc1)Nc1cccc(S(=O)(=O)C2CCCC2)c1. The summed E-state index contributed by atoms with van der Waals surface area (Å²) in [6.45, 7) is 1.16. The zero-order valence-electron chi connectivity index (χ0n) is 16.7. The Bertz CT molecular complexity index is 890. The maximum atomic E-state index is 12.7. The van der Waals surface area contributed by atoms with E-state index in [0.29, 0.717) is 36.6 Å². The second kappa shape index (κ2) is 10.6. The van der Waals surface area contributed by atoms with Gasteiger partial charge in [-0.3, -0.25) is 4.79 Å². The first-order valence-corrected chi connectivity index (χ1v) is 11.9. The molecule has 0 spiro atoms. The van der Waals surface area contributed by atoms with Crippen molar-refractivity contribution in [2.45, 2.75) is 55.1 Å². The van der Waals surface area contributed by atoms with E-state index in [1.807, 2.05) is 18.2 Å². The summed E-state index contributed by atoms with van der Waals surface area (Å²) in [6, 6.07) is 16.7. The Kier molecular flexibility index (Phi) is 7.83. The van der Waals surface area contributed by atoms with Gasteiger partial charge in [-0.2, -0.15) is 0 Å². The third-order valence-corrected chi connectivity index (χ3v) is 7.52. The quantitative estimate of drug-likeness (QED) is 0.585. The van der Waals surface area contributed by atoms with Crippen LogP contribution in [0.3, 0.4) is 0 Å². The molecule has 3 rings (SSSR count). The summed E-state index contributed by atoms with van der Waals surface area (Å²) >= 11 is 0. The fourth-order valence-electron chi connectivity index (χ4n) is 3.64. The lowest BCUT2D eigenvalue weighted by Crippen LogP contribution is -2.18. The lowest BCUT2D eigenvalue weighted by atomic mass is 10.2. The van der Waals surface area contributed by atoms with Crippen molar-refractivity contribution >= 4 is 21.4 Å². The fraction of sp³-hybridized carbons (Fsp3) is 0.435. The van der Waals surface area contributed by atoms with Gasteiger partial charge in [-0.25, -0.2) is 8.42 Å². The molecule has 0 aliphatic heterocycles. The summed E-state index contributed by atoms with van der Waals surface area (Å²) < 4.78 is 31.0. The highest BCUT2D eigenvalue weighted by Gasteiger charge is 2.30. The minimum Gasteiger partial charge on any atom is -0.381 e. The van der Waals surface area contributed by atoms with Gasteiger partial charge in [0.05, 0.1) is 16.8 Å². The molecule has 6 heteroatoms. The molecule has 156 valence electrons. The lowest BCUT2D eigenvalue weighted by Gasteiger charge is -2.12. The average molecular weight is 416 g/mol. The van der Waals surface area contributed by atoms with E-state index in [1.165, 1.54) is 5.56 Å². The van der Waals surface area contributed by atoms with E-state index < -0.39 is 9.84 Å². The Morgan fingerprint density at radius 1 is 1.00 bits per heavy atom. The standard InChI is InChI=1S/C23H29NO4S/c25-23(14-7-16-28-17-15-19-8-2-1-3-9-19)24-20-10-6-13-22(18-20)29(26,27)21-11-4-5-12-21/h1-3,6,8-10,13,18,21H,4-5,7,11-12,14-17H2,(H,24,25). The predicted octanol–water partition coefficient (Wildman–Crippen LogP) is 4.38. The number of carbonyl (C=O) groups excluding carboxylic acids is 1. The molecule has 1 aliphatic rings. The van der Waals surface area contributed by atoms with E-state index >= 15 is 0 Å². The number of rotatable bonds is 10. The van der Waals surface area contributed by atoms with Crippen LogP contribution in [-0.2, 0) is 25.8 Å². The molecule has 1 N–H and O–H groups in total. The minimum absolute atomic E-state index is 0.132. The number of hydrogen-bond acceptors (Lipinski definition) is 4. The molecule has 29 heavy (non-hydrogen) atoms. The van der Waals surface area contributed by atoms with E-state index in [-0.39, 0.29) is 11.2 Å². The van der Waals surface area contributed by atoms with Gasteiger partial charge in [0.1, 0.15) is 0 Å². The molecule has 0 aromatic heterocycles. The van der Waals surface area contributed by atoms with Crippen LogP contribution in [0.4, 0.5) is 5.69 Å². The van der Waals surface area contributed by atoms with Gasteiger partial charge in [-0.15, -0.1) is 0 Å². The molecule has 1 amide bonds.